The molecule has 4 heteroatoms. The number of hydrogen-bond donors (Lipinski definition) is 1. The highest BCUT2D eigenvalue weighted by atomic mass is 16.2. The van der Waals surface area contributed by atoms with Crippen molar-refractivity contribution in [1.82, 2.24) is 10.2 Å². The second-order valence-electron chi connectivity index (χ2n) is 5.40. The highest BCUT2D eigenvalue weighted by molar-refractivity contribution is 5.89. The second kappa shape index (κ2) is 8.94. The number of rotatable bonds is 9. The molecule has 1 unspecified atom stereocenters. The van der Waals surface area contributed by atoms with Crippen LogP contribution >= 0.6 is 0 Å². The van der Waals surface area contributed by atoms with Gasteiger partial charge in [-0.1, -0.05) is 39.0 Å². The van der Waals surface area contributed by atoms with Crippen LogP contribution in [0.15, 0.2) is 0 Å². The Balaban J connectivity index is 2.17. The van der Waals surface area contributed by atoms with Crippen molar-refractivity contribution >= 4 is 11.8 Å². The molecule has 1 saturated heterocycles. The molecule has 1 aliphatic heterocycles. The molecule has 1 rings (SSSR count). The number of likely N-dealkylation sites (tertiary alicyclic amines) is 1. The van der Waals surface area contributed by atoms with Gasteiger partial charge in [-0.15, -0.1) is 0 Å². The lowest BCUT2D eigenvalue weighted by molar-refractivity contribution is -0.129. The molecule has 1 heterocycles. The van der Waals surface area contributed by atoms with E-state index in [9.17, 15) is 9.59 Å². The van der Waals surface area contributed by atoms with Gasteiger partial charge in [0.1, 0.15) is 0 Å². The maximum Gasteiger partial charge on any atom is 0.225 e. The molecule has 0 saturated carbocycles. The maximum absolute atomic E-state index is 11.8. The Morgan fingerprint density at radius 3 is 2.58 bits per heavy atom. The van der Waals surface area contributed by atoms with Crippen LogP contribution in [0.5, 0.6) is 0 Å². The number of hydrogen-bond acceptors (Lipinski definition) is 2. The van der Waals surface area contributed by atoms with Crippen LogP contribution in [0.1, 0.15) is 58.8 Å². The molecule has 0 aliphatic carbocycles. The minimum absolute atomic E-state index is 0.0290. The summed E-state index contributed by atoms with van der Waals surface area (Å²) in [6.07, 6.45) is 7.77. The van der Waals surface area contributed by atoms with E-state index in [0.29, 0.717) is 19.5 Å². The molecule has 0 bridgehead atoms. The molecule has 1 atom stereocenters. The third-order valence-electron chi connectivity index (χ3n) is 3.72. The van der Waals surface area contributed by atoms with Gasteiger partial charge in [0.25, 0.3) is 0 Å². The van der Waals surface area contributed by atoms with E-state index in [2.05, 4.69) is 12.2 Å². The Kier molecular flexibility index (Phi) is 7.53. The Morgan fingerprint density at radius 2 is 1.89 bits per heavy atom. The molecule has 0 aromatic heterocycles. The van der Waals surface area contributed by atoms with Crippen molar-refractivity contribution in [3.8, 4) is 0 Å². The van der Waals surface area contributed by atoms with Crippen LogP contribution in [0.2, 0.25) is 0 Å². The van der Waals surface area contributed by atoms with Crippen LogP contribution in [-0.2, 0) is 9.59 Å². The van der Waals surface area contributed by atoms with Crippen molar-refractivity contribution in [3.05, 3.63) is 0 Å². The van der Waals surface area contributed by atoms with E-state index < -0.39 is 0 Å². The van der Waals surface area contributed by atoms with E-state index in [-0.39, 0.29) is 17.7 Å². The van der Waals surface area contributed by atoms with Crippen LogP contribution in [-0.4, -0.2) is 36.3 Å². The monoisotopic (exact) mass is 268 g/mol. The highest BCUT2D eigenvalue weighted by Gasteiger charge is 2.33. The molecule has 1 aliphatic rings. The molecule has 4 nitrogen and oxygen atoms in total. The van der Waals surface area contributed by atoms with Crippen molar-refractivity contribution in [2.24, 2.45) is 5.92 Å². The fourth-order valence-corrected chi connectivity index (χ4v) is 2.57. The van der Waals surface area contributed by atoms with E-state index in [0.717, 1.165) is 13.0 Å². The Morgan fingerprint density at radius 1 is 1.21 bits per heavy atom. The topological polar surface area (TPSA) is 49.4 Å². The van der Waals surface area contributed by atoms with Crippen molar-refractivity contribution in [1.29, 1.82) is 0 Å². The zero-order valence-electron chi connectivity index (χ0n) is 12.4. The highest BCUT2D eigenvalue weighted by Crippen LogP contribution is 2.18. The number of amides is 2. The summed E-state index contributed by atoms with van der Waals surface area (Å²) in [4.78, 5) is 25.4. The molecule has 110 valence electrons. The van der Waals surface area contributed by atoms with Crippen molar-refractivity contribution in [2.45, 2.75) is 58.8 Å². The summed E-state index contributed by atoms with van der Waals surface area (Å²) in [5, 5.41) is 2.80. The van der Waals surface area contributed by atoms with Crippen molar-refractivity contribution in [3.63, 3.8) is 0 Å². The number of nitrogens with one attached hydrogen (secondary N) is 1. The minimum atomic E-state index is -0.132. The van der Waals surface area contributed by atoms with Gasteiger partial charge in [0.15, 0.2) is 0 Å². The lowest BCUT2D eigenvalue weighted by Gasteiger charge is -2.16. The first-order chi connectivity index (χ1) is 9.19. The summed E-state index contributed by atoms with van der Waals surface area (Å²) < 4.78 is 0. The smallest absolute Gasteiger partial charge is 0.225 e. The quantitative estimate of drug-likeness (QED) is 0.652. The lowest BCUT2D eigenvalue weighted by Crippen LogP contribution is -2.33. The predicted octanol–water partition coefficient (Wildman–Crippen LogP) is 2.33. The van der Waals surface area contributed by atoms with Crippen LogP contribution in [0.4, 0.5) is 0 Å². The Labute approximate surface area is 116 Å². The molecule has 0 radical (unpaired) electrons. The van der Waals surface area contributed by atoms with Gasteiger partial charge < -0.3 is 10.2 Å². The molecule has 19 heavy (non-hydrogen) atoms. The Bertz CT molecular complexity index is 292. The van der Waals surface area contributed by atoms with Gasteiger partial charge in [-0.3, -0.25) is 9.59 Å². The lowest BCUT2D eigenvalue weighted by atomic mass is 10.1. The van der Waals surface area contributed by atoms with E-state index in [1.54, 1.807) is 0 Å². The molecule has 2 amide bonds. The predicted molar refractivity (Wildman–Crippen MR) is 76.7 cm³/mol. The van der Waals surface area contributed by atoms with E-state index in [1.807, 2.05) is 11.8 Å². The van der Waals surface area contributed by atoms with Gasteiger partial charge in [0, 0.05) is 26.1 Å². The summed E-state index contributed by atoms with van der Waals surface area (Å²) >= 11 is 0. The first kappa shape index (κ1) is 16.0. The fourth-order valence-electron chi connectivity index (χ4n) is 2.57. The van der Waals surface area contributed by atoms with Gasteiger partial charge in [-0.05, 0) is 13.3 Å². The molecular weight excluding hydrogens is 240 g/mol. The maximum atomic E-state index is 11.8. The molecule has 0 aromatic rings. The summed E-state index contributed by atoms with van der Waals surface area (Å²) in [7, 11) is 0. The molecule has 0 aromatic carbocycles. The van der Waals surface area contributed by atoms with Gasteiger partial charge >= 0.3 is 0 Å². The number of unbranched alkanes of at least 4 members (excludes halogenated alkanes) is 5. The van der Waals surface area contributed by atoms with Gasteiger partial charge in [-0.2, -0.15) is 0 Å². The molecule has 1 fully saturated rings. The normalized spacial score (nSPS) is 18.9. The summed E-state index contributed by atoms with van der Waals surface area (Å²) in [6, 6.07) is 0. The number of carbonyl (C=O) groups excluding carboxylic acids is 2. The minimum Gasteiger partial charge on any atom is -0.356 e. The van der Waals surface area contributed by atoms with Crippen LogP contribution < -0.4 is 5.32 Å². The average Bonchev–Trinajstić information content (AvgIpc) is 2.76. The van der Waals surface area contributed by atoms with Crippen molar-refractivity contribution in [2.75, 3.05) is 19.6 Å². The van der Waals surface area contributed by atoms with E-state index >= 15 is 0 Å². The standard InChI is InChI=1S/C15H28N2O2/c1-3-5-6-7-8-9-10-17-12-13(11-14(17)18)15(19)16-4-2/h13H,3-12H2,1-2H3,(H,16,19). The number of carbonyl (C=O) groups is 2. The zero-order valence-corrected chi connectivity index (χ0v) is 12.4. The van der Waals surface area contributed by atoms with E-state index in [4.69, 9.17) is 0 Å². The van der Waals surface area contributed by atoms with Gasteiger partial charge in [0.05, 0.1) is 5.92 Å². The number of nitrogens with zero attached hydrogens (tertiary/aromatic N) is 1. The van der Waals surface area contributed by atoms with Crippen LogP contribution in [0.3, 0.4) is 0 Å². The fraction of sp³-hybridized carbons (Fsp3) is 0.867. The van der Waals surface area contributed by atoms with Gasteiger partial charge in [-0.25, -0.2) is 0 Å². The first-order valence-electron chi connectivity index (χ1n) is 7.74. The van der Waals surface area contributed by atoms with Gasteiger partial charge in [0.2, 0.25) is 11.8 Å². The third-order valence-corrected chi connectivity index (χ3v) is 3.72. The summed E-state index contributed by atoms with van der Waals surface area (Å²) in [5.74, 6) is 0.0404. The first-order valence-corrected chi connectivity index (χ1v) is 7.74. The van der Waals surface area contributed by atoms with E-state index in [1.165, 1.54) is 32.1 Å². The second-order valence-corrected chi connectivity index (χ2v) is 5.40. The summed E-state index contributed by atoms with van der Waals surface area (Å²) in [6.45, 7) is 6.19. The Hall–Kier alpha value is -1.06. The van der Waals surface area contributed by atoms with Crippen molar-refractivity contribution < 1.29 is 9.59 Å². The SMILES string of the molecule is CCCCCCCCN1CC(C(=O)NCC)CC1=O. The molecule has 1 N–H and O–H groups in total. The molecule has 0 spiro atoms. The third kappa shape index (κ3) is 5.62. The largest absolute Gasteiger partial charge is 0.356 e. The average molecular weight is 268 g/mol. The zero-order chi connectivity index (χ0) is 14.1. The van der Waals surface area contributed by atoms with Crippen LogP contribution in [0, 0.1) is 5.92 Å². The molecular formula is C15H28N2O2. The van der Waals surface area contributed by atoms with Crippen LogP contribution in [0.25, 0.3) is 0 Å². The summed E-state index contributed by atoms with van der Waals surface area (Å²) in [5.41, 5.74) is 0.